The molecular weight excluding hydrogens is 454 g/mol. The van der Waals surface area contributed by atoms with Crippen molar-refractivity contribution in [1.82, 2.24) is 9.80 Å². The smallest absolute Gasteiger partial charge is 0.311 e. The van der Waals surface area contributed by atoms with E-state index in [2.05, 4.69) is 4.90 Å². The lowest BCUT2D eigenvalue weighted by Gasteiger charge is -2.34. The number of nitrogens with zero attached hydrogens (tertiary/aromatic N) is 2. The molecule has 0 unspecified atom stereocenters. The molecule has 1 aliphatic heterocycles. The molecule has 0 aromatic heterocycles. The lowest BCUT2D eigenvalue weighted by Crippen LogP contribution is -2.51. The number of sulfone groups is 1. The highest BCUT2D eigenvalue weighted by atomic mass is 35.5. The van der Waals surface area contributed by atoms with Crippen molar-refractivity contribution < 1.29 is 22.7 Å². The maximum absolute atomic E-state index is 12.0. The standard InChI is InChI=1S/C22H26ClN3O5S/c1-2-32(29,30)19-6-3-16(4-7-19)15-31-20-8-5-18(23)13-17(20)14-25-9-11-26(12-10-25)22(28)21(24)27/h3-8,13H,2,9-12,14-15H2,1H3,(H2,24,27). The monoisotopic (exact) mass is 479 g/mol. The molecule has 10 heteroatoms. The number of rotatable bonds is 7. The molecule has 1 fully saturated rings. The molecule has 2 aromatic rings. The minimum Gasteiger partial charge on any atom is -0.489 e. The number of carbonyl (C=O) groups is 2. The lowest BCUT2D eigenvalue weighted by atomic mass is 10.1. The van der Waals surface area contributed by atoms with Gasteiger partial charge in [-0.15, -0.1) is 0 Å². The van der Waals surface area contributed by atoms with Crippen LogP contribution in [0.4, 0.5) is 0 Å². The number of hydrogen-bond donors (Lipinski definition) is 1. The molecule has 0 atom stereocenters. The Labute approximate surface area is 192 Å². The van der Waals surface area contributed by atoms with Gasteiger partial charge in [-0.05, 0) is 35.9 Å². The van der Waals surface area contributed by atoms with E-state index in [0.717, 1.165) is 11.1 Å². The quantitative estimate of drug-likeness (QED) is 0.607. The van der Waals surface area contributed by atoms with Crippen LogP contribution in [-0.4, -0.2) is 62.0 Å². The molecule has 3 rings (SSSR count). The molecule has 172 valence electrons. The van der Waals surface area contributed by atoms with Crippen molar-refractivity contribution in [1.29, 1.82) is 0 Å². The van der Waals surface area contributed by atoms with Crippen molar-refractivity contribution in [3.63, 3.8) is 0 Å². The van der Waals surface area contributed by atoms with Crippen LogP contribution in [0.3, 0.4) is 0 Å². The zero-order valence-electron chi connectivity index (χ0n) is 17.8. The van der Waals surface area contributed by atoms with Crippen LogP contribution in [0.1, 0.15) is 18.1 Å². The lowest BCUT2D eigenvalue weighted by molar-refractivity contribution is -0.145. The van der Waals surface area contributed by atoms with Gasteiger partial charge in [0.05, 0.1) is 10.6 Å². The van der Waals surface area contributed by atoms with Gasteiger partial charge in [-0.25, -0.2) is 8.42 Å². The maximum Gasteiger partial charge on any atom is 0.311 e. The fraction of sp³-hybridized carbons (Fsp3) is 0.364. The average Bonchev–Trinajstić information content (AvgIpc) is 2.79. The van der Waals surface area contributed by atoms with E-state index in [-0.39, 0.29) is 12.4 Å². The van der Waals surface area contributed by atoms with Crippen LogP contribution in [0.2, 0.25) is 5.02 Å². The second-order valence-electron chi connectivity index (χ2n) is 7.52. The molecule has 8 nitrogen and oxygen atoms in total. The molecule has 0 radical (unpaired) electrons. The highest BCUT2D eigenvalue weighted by Gasteiger charge is 2.24. The highest BCUT2D eigenvalue weighted by molar-refractivity contribution is 7.91. The minimum atomic E-state index is -3.24. The summed E-state index contributed by atoms with van der Waals surface area (Å²) in [6.45, 7) is 4.50. The second-order valence-corrected chi connectivity index (χ2v) is 10.2. The van der Waals surface area contributed by atoms with Crippen LogP contribution in [0.15, 0.2) is 47.4 Å². The number of piperazine rings is 1. The summed E-state index contributed by atoms with van der Waals surface area (Å²) in [4.78, 5) is 26.7. The van der Waals surface area contributed by atoms with E-state index >= 15 is 0 Å². The van der Waals surface area contributed by atoms with E-state index < -0.39 is 21.7 Å². The van der Waals surface area contributed by atoms with Gasteiger partial charge >= 0.3 is 11.8 Å². The van der Waals surface area contributed by atoms with Gasteiger partial charge in [-0.3, -0.25) is 14.5 Å². The minimum absolute atomic E-state index is 0.0575. The van der Waals surface area contributed by atoms with E-state index in [0.29, 0.717) is 48.4 Å². The van der Waals surface area contributed by atoms with Crippen LogP contribution >= 0.6 is 11.6 Å². The van der Waals surface area contributed by atoms with E-state index in [1.807, 2.05) is 6.07 Å². The third-order valence-electron chi connectivity index (χ3n) is 5.34. The molecule has 0 saturated carbocycles. The molecule has 1 aliphatic rings. The molecule has 2 amide bonds. The zero-order valence-corrected chi connectivity index (χ0v) is 19.4. The topological polar surface area (TPSA) is 110 Å². The molecule has 2 aromatic carbocycles. The van der Waals surface area contributed by atoms with Gasteiger partial charge in [0.2, 0.25) is 0 Å². The Balaban J connectivity index is 1.63. The number of carbonyl (C=O) groups excluding carboxylic acids is 2. The fourth-order valence-corrected chi connectivity index (χ4v) is 4.52. The van der Waals surface area contributed by atoms with Crippen LogP contribution < -0.4 is 10.5 Å². The molecule has 1 saturated heterocycles. The van der Waals surface area contributed by atoms with Crippen molar-refractivity contribution in [2.45, 2.75) is 25.0 Å². The SMILES string of the molecule is CCS(=O)(=O)c1ccc(COc2ccc(Cl)cc2CN2CCN(C(=O)C(N)=O)CC2)cc1. The van der Waals surface area contributed by atoms with Gasteiger partial charge in [0.15, 0.2) is 9.84 Å². The number of nitrogens with two attached hydrogens (primary N) is 1. The first-order chi connectivity index (χ1) is 15.2. The van der Waals surface area contributed by atoms with Gasteiger partial charge in [-0.2, -0.15) is 0 Å². The fourth-order valence-electron chi connectivity index (χ4n) is 3.44. The van der Waals surface area contributed by atoms with Crippen LogP contribution in [0.25, 0.3) is 0 Å². The summed E-state index contributed by atoms with van der Waals surface area (Å²) in [6, 6.07) is 12.1. The summed E-state index contributed by atoms with van der Waals surface area (Å²) in [5.74, 6) is -0.865. The second kappa shape index (κ2) is 10.3. The summed E-state index contributed by atoms with van der Waals surface area (Å²) < 4.78 is 29.9. The zero-order chi connectivity index (χ0) is 23.3. The highest BCUT2D eigenvalue weighted by Crippen LogP contribution is 2.26. The molecular formula is C22H26ClN3O5S. The average molecular weight is 480 g/mol. The van der Waals surface area contributed by atoms with Crippen molar-refractivity contribution in [2.24, 2.45) is 5.73 Å². The summed E-state index contributed by atoms with van der Waals surface area (Å²) in [5, 5.41) is 0.587. The molecule has 0 spiro atoms. The summed E-state index contributed by atoms with van der Waals surface area (Å²) in [5.41, 5.74) is 6.82. The molecule has 32 heavy (non-hydrogen) atoms. The first kappa shape index (κ1) is 24.0. The molecule has 2 N–H and O–H groups in total. The molecule has 0 aliphatic carbocycles. The number of amides is 2. The largest absolute Gasteiger partial charge is 0.489 e. The number of benzene rings is 2. The Morgan fingerprint density at radius 2 is 1.72 bits per heavy atom. The van der Waals surface area contributed by atoms with Gasteiger partial charge in [0.25, 0.3) is 0 Å². The Bertz CT molecular complexity index is 1080. The Hall–Kier alpha value is -2.62. The summed E-state index contributed by atoms with van der Waals surface area (Å²) in [6.07, 6.45) is 0. The van der Waals surface area contributed by atoms with E-state index in [9.17, 15) is 18.0 Å². The van der Waals surface area contributed by atoms with E-state index in [4.69, 9.17) is 22.1 Å². The van der Waals surface area contributed by atoms with Crippen LogP contribution in [0.5, 0.6) is 5.75 Å². The van der Waals surface area contributed by atoms with Crippen molar-refractivity contribution in [3.05, 3.63) is 58.6 Å². The first-order valence-electron chi connectivity index (χ1n) is 10.2. The number of primary amides is 1. The van der Waals surface area contributed by atoms with Crippen LogP contribution in [0, 0.1) is 0 Å². The predicted molar refractivity (Wildman–Crippen MR) is 121 cm³/mol. The third kappa shape index (κ3) is 5.99. The Kier molecular flexibility index (Phi) is 7.76. The molecule has 1 heterocycles. The van der Waals surface area contributed by atoms with E-state index in [1.165, 1.54) is 4.90 Å². The van der Waals surface area contributed by atoms with Gasteiger partial charge in [-0.1, -0.05) is 30.7 Å². The van der Waals surface area contributed by atoms with Crippen LogP contribution in [-0.2, 0) is 32.6 Å². The first-order valence-corrected chi connectivity index (χ1v) is 12.3. The Morgan fingerprint density at radius 1 is 1.06 bits per heavy atom. The summed E-state index contributed by atoms with van der Waals surface area (Å²) in [7, 11) is -3.24. The number of halogens is 1. The van der Waals surface area contributed by atoms with Crippen molar-refractivity contribution in [2.75, 3.05) is 31.9 Å². The van der Waals surface area contributed by atoms with Crippen molar-refractivity contribution in [3.8, 4) is 5.75 Å². The Morgan fingerprint density at radius 3 is 2.31 bits per heavy atom. The predicted octanol–water partition coefficient (Wildman–Crippen LogP) is 1.84. The van der Waals surface area contributed by atoms with E-state index in [1.54, 1.807) is 43.3 Å². The van der Waals surface area contributed by atoms with Gasteiger partial charge in [0.1, 0.15) is 12.4 Å². The normalized spacial score (nSPS) is 14.9. The number of hydrogen-bond acceptors (Lipinski definition) is 6. The number of ether oxygens (including phenoxy) is 1. The summed E-state index contributed by atoms with van der Waals surface area (Å²) >= 11 is 6.19. The molecule has 0 bridgehead atoms. The van der Waals surface area contributed by atoms with Crippen molar-refractivity contribution >= 4 is 33.3 Å². The third-order valence-corrected chi connectivity index (χ3v) is 7.33. The maximum atomic E-state index is 12.0. The van der Waals surface area contributed by atoms with Gasteiger partial charge in [0, 0.05) is 43.3 Å². The van der Waals surface area contributed by atoms with Gasteiger partial charge < -0.3 is 15.4 Å².